The van der Waals surface area contributed by atoms with Gasteiger partial charge in [-0.1, -0.05) is 18.2 Å². The van der Waals surface area contributed by atoms with E-state index in [0.717, 1.165) is 16.7 Å². The molecule has 7 nitrogen and oxygen atoms in total. The van der Waals surface area contributed by atoms with Gasteiger partial charge in [0.25, 0.3) is 5.91 Å². The van der Waals surface area contributed by atoms with Gasteiger partial charge in [0.1, 0.15) is 11.5 Å². The number of nitrogens with zero attached hydrogens (tertiary/aromatic N) is 1. The zero-order chi connectivity index (χ0) is 25.7. The van der Waals surface area contributed by atoms with Crippen LogP contribution in [0.15, 0.2) is 66.7 Å². The molecule has 0 fully saturated rings. The Balaban J connectivity index is 1.68. The maximum atomic E-state index is 12.7. The molecule has 0 aliphatic heterocycles. The van der Waals surface area contributed by atoms with E-state index in [4.69, 9.17) is 19.2 Å². The van der Waals surface area contributed by atoms with Gasteiger partial charge in [-0.15, -0.1) is 0 Å². The number of carbonyl (C=O) groups excluding carboxylic acids is 2. The largest absolute Gasteiger partial charge is 0.497 e. The van der Waals surface area contributed by atoms with E-state index in [9.17, 15) is 9.59 Å². The summed E-state index contributed by atoms with van der Waals surface area (Å²) in [5.74, 6) is 0.395. The molecule has 0 radical (unpaired) electrons. The predicted octanol–water partition coefficient (Wildman–Crippen LogP) is 5.72. The van der Waals surface area contributed by atoms with Crippen LogP contribution in [0.25, 0.3) is 22.2 Å². The van der Waals surface area contributed by atoms with Crippen molar-refractivity contribution in [1.29, 1.82) is 0 Å². The Bertz CT molecular complexity index is 1410. The number of methoxy groups -OCH3 is 1. The van der Waals surface area contributed by atoms with Crippen molar-refractivity contribution in [2.45, 2.75) is 20.8 Å². The monoisotopic (exact) mass is 484 g/mol. The van der Waals surface area contributed by atoms with Gasteiger partial charge in [-0.05, 0) is 74.4 Å². The third kappa shape index (κ3) is 5.81. The average molecular weight is 485 g/mol. The Labute approximate surface area is 210 Å². The molecule has 1 N–H and O–H groups in total. The first-order valence-corrected chi connectivity index (χ1v) is 11.6. The Hall–Kier alpha value is -4.39. The highest BCUT2D eigenvalue weighted by Gasteiger charge is 2.15. The zero-order valence-electron chi connectivity index (χ0n) is 20.8. The maximum Gasteiger partial charge on any atom is 0.338 e. The fourth-order valence-corrected chi connectivity index (χ4v) is 3.97. The average Bonchev–Trinajstić information content (AvgIpc) is 2.86. The Morgan fingerprint density at radius 2 is 1.72 bits per heavy atom. The third-order valence-corrected chi connectivity index (χ3v) is 5.51. The molecular weight excluding hydrogens is 456 g/mol. The van der Waals surface area contributed by atoms with E-state index in [1.807, 2.05) is 56.3 Å². The lowest BCUT2D eigenvalue weighted by molar-refractivity contribution is -0.118. The number of ether oxygens (including phenoxy) is 3. The third-order valence-electron chi connectivity index (χ3n) is 5.51. The van der Waals surface area contributed by atoms with Crippen LogP contribution in [0.5, 0.6) is 11.5 Å². The van der Waals surface area contributed by atoms with Gasteiger partial charge < -0.3 is 19.5 Å². The summed E-state index contributed by atoms with van der Waals surface area (Å²) in [4.78, 5) is 29.8. The van der Waals surface area contributed by atoms with Crippen LogP contribution in [-0.4, -0.2) is 37.2 Å². The first-order valence-electron chi connectivity index (χ1n) is 11.6. The van der Waals surface area contributed by atoms with Crippen LogP contribution in [-0.2, 0) is 9.53 Å². The molecule has 0 aliphatic rings. The smallest absolute Gasteiger partial charge is 0.338 e. The summed E-state index contributed by atoms with van der Waals surface area (Å²) in [6.45, 7) is 5.76. The van der Waals surface area contributed by atoms with Crippen LogP contribution in [0.2, 0.25) is 0 Å². The molecule has 0 spiro atoms. The van der Waals surface area contributed by atoms with Crippen LogP contribution in [0, 0.1) is 13.8 Å². The summed E-state index contributed by atoms with van der Waals surface area (Å²) >= 11 is 0. The number of amides is 1. The number of carbonyl (C=O) groups is 2. The van der Waals surface area contributed by atoms with Gasteiger partial charge in [-0.3, -0.25) is 4.79 Å². The van der Waals surface area contributed by atoms with Crippen LogP contribution >= 0.6 is 0 Å². The number of hydrogen-bond donors (Lipinski definition) is 1. The minimum absolute atomic E-state index is 0.215. The van der Waals surface area contributed by atoms with E-state index >= 15 is 0 Å². The summed E-state index contributed by atoms with van der Waals surface area (Å²) in [6, 6.07) is 20.2. The van der Waals surface area contributed by atoms with Gasteiger partial charge >= 0.3 is 5.97 Å². The number of pyridine rings is 1. The molecule has 36 heavy (non-hydrogen) atoms. The molecule has 0 atom stereocenters. The number of rotatable bonds is 8. The minimum atomic E-state index is -0.435. The van der Waals surface area contributed by atoms with Gasteiger partial charge in [0, 0.05) is 22.7 Å². The summed E-state index contributed by atoms with van der Waals surface area (Å²) in [5.41, 5.74) is 5.30. The van der Waals surface area contributed by atoms with Gasteiger partial charge in [-0.25, -0.2) is 9.78 Å². The fraction of sp³-hybridized carbons (Fsp3) is 0.207. The highest BCUT2D eigenvalue weighted by molar-refractivity contribution is 5.97. The number of benzene rings is 3. The molecule has 3 aromatic carbocycles. The van der Waals surface area contributed by atoms with Crippen LogP contribution in [0.3, 0.4) is 0 Å². The van der Waals surface area contributed by atoms with E-state index in [1.54, 1.807) is 38.3 Å². The highest BCUT2D eigenvalue weighted by atomic mass is 16.5. The van der Waals surface area contributed by atoms with Crippen molar-refractivity contribution in [3.8, 4) is 22.8 Å². The zero-order valence-corrected chi connectivity index (χ0v) is 20.8. The molecule has 1 heterocycles. The lowest BCUT2D eigenvalue weighted by Crippen LogP contribution is -2.20. The van der Waals surface area contributed by atoms with Crippen molar-refractivity contribution in [2.75, 3.05) is 25.6 Å². The summed E-state index contributed by atoms with van der Waals surface area (Å²) in [5, 5.41) is 3.48. The SMILES string of the molecule is CCOC(=O)c1ccc2nc(-c3cccc(OC)c3)cc(OCC(=O)Nc3cc(C)cc(C)c3)c2c1. The number of aryl methyl sites for hydroxylation is 2. The van der Waals surface area contributed by atoms with E-state index in [2.05, 4.69) is 5.32 Å². The van der Waals surface area contributed by atoms with E-state index in [1.165, 1.54) is 0 Å². The van der Waals surface area contributed by atoms with Gasteiger partial charge in [-0.2, -0.15) is 0 Å². The lowest BCUT2D eigenvalue weighted by Gasteiger charge is -2.13. The molecule has 4 rings (SSSR count). The fourth-order valence-electron chi connectivity index (χ4n) is 3.97. The van der Waals surface area contributed by atoms with Crippen LogP contribution in [0.1, 0.15) is 28.4 Å². The number of hydrogen-bond acceptors (Lipinski definition) is 6. The molecule has 0 unspecified atom stereocenters. The van der Waals surface area contributed by atoms with Crippen molar-refractivity contribution < 1.29 is 23.8 Å². The number of anilines is 1. The Morgan fingerprint density at radius 3 is 2.44 bits per heavy atom. The first kappa shape index (κ1) is 24.7. The summed E-state index contributed by atoms with van der Waals surface area (Å²) in [7, 11) is 1.60. The topological polar surface area (TPSA) is 86.8 Å². The standard InChI is InChI=1S/C29H28N2O5/c1-5-35-29(33)21-9-10-25-24(15-21)27(16-26(31-25)20-7-6-8-23(14-20)34-4)36-17-28(32)30-22-12-18(2)11-19(3)13-22/h6-16H,5,17H2,1-4H3,(H,30,32). The second kappa shape index (κ2) is 10.9. The summed E-state index contributed by atoms with van der Waals surface area (Å²) < 4.78 is 16.5. The van der Waals surface area contributed by atoms with Crippen molar-refractivity contribution >= 4 is 28.5 Å². The van der Waals surface area contributed by atoms with Crippen molar-refractivity contribution in [1.82, 2.24) is 4.98 Å². The highest BCUT2D eigenvalue weighted by Crippen LogP contribution is 2.32. The lowest BCUT2D eigenvalue weighted by atomic mass is 10.1. The summed E-state index contributed by atoms with van der Waals surface area (Å²) in [6.07, 6.45) is 0. The molecular formula is C29H28N2O5. The molecule has 4 aromatic rings. The van der Waals surface area contributed by atoms with E-state index in [-0.39, 0.29) is 19.1 Å². The minimum Gasteiger partial charge on any atom is -0.497 e. The normalized spacial score (nSPS) is 10.7. The van der Waals surface area contributed by atoms with Gasteiger partial charge in [0.05, 0.1) is 30.5 Å². The number of nitrogens with one attached hydrogen (secondary N) is 1. The molecule has 0 saturated heterocycles. The predicted molar refractivity (Wildman–Crippen MR) is 140 cm³/mol. The van der Waals surface area contributed by atoms with Crippen LogP contribution < -0.4 is 14.8 Å². The molecule has 1 aromatic heterocycles. The molecule has 0 bridgehead atoms. The number of aromatic nitrogens is 1. The van der Waals surface area contributed by atoms with Gasteiger partial charge in [0.15, 0.2) is 6.61 Å². The molecule has 0 aliphatic carbocycles. The number of esters is 1. The first-order chi connectivity index (χ1) is 17.4. The molecule has 7 heteroatoms. The second-order valence-corrected chi connectivity index (χ2v) is 8.40. The second-order valence-electron chi connectivity index (χ2n) is 8.40. The van der Waals surface area contributed by atoms with E-state index < -0.39 is 5.97 Å². The van der Waals surface area contributed by atoms with Gasteiger partial charge in [0.2, 0.25) is 0 Å². The molecule has 1 amide bonds. The number of fused-ring (bicyclic) bond motifs is 1. The van der Waals surface area contributed by atoms with Crippen molar-refractivity contribution in [3.63, 3.8) is 0 Å². The quantitative estimate of drug-likeness (QED) is 0.322. The molecule has 0 saturated carbocycles. The van der Waals surface area contributed by atoms with Crippen LogP contribution in [0.4, 0.5) is 5.69 Å². The van der Waals surface area contributed by atoms with Crippen molar-refractivity contribution in [3.05, 3.63) is 83.4 Å². The molecule has 184 valence electrons. The Morgan fingerprint density at radius 1 is 0.944 bits per heavy atom. The Kier molecular flexibility index (Phi) is 7.49. The van der Waals surface area contributed by atoms with E-state index in [0.29, 0.717) is 39.3 Å². The van der Waals surface area contributed by atoms with Crippen molar-refractivity contribution in [2.24, 2.45) is 0 Å². The maximum absolute atomic E-state index is 12.7.